The van der Waals surface area contributed by atoms with Gasteiger partial charge in [-0.2, -0.15) is 0 Å². The van der Waals surface area contributed by atoms with E-state index in [2.05, 4.69) is 0 Å². The van der Waals surface area contributed by atoms with Crippen molar-refractivity contribution in [1.29, 1.82) is 0 Å². The van der Waals surface area contributed by atoms with Crippen molar-refractivity contribution in [3.8, 4) is 0 Å². The molecule has 1 atom stereocenters. The largest absolute Gasteiger partial charge is 0.479 e. The van der Waals surface area contributed by atoms with Gasteiger partial charge in [-0.3, -0.25) is 10.1 Å². The molecule has 2 rings (SSSR count). The highest BCUT2D eigenvalue weighted by molar-refractivity contribution is 5.76. The summed E-state index contributed by atoms with van der Waals surface area (Å²) in [4.78, 5) is 21.3. The fraction of sp³-hybridized carbons (Fsp3) is 0.0833. The summed E-state index contributed by atoms with van der Waals surface area (Å²) in [6, 6.07) is 8.89. The molecule has 92 valence electrons. The quantitative estimate of drug-likeness (QED) is 0.661. The van der Waals surface area contributed by atoms with Crippen molar-refractivity contribution in [2.24, 2.45) is 0 Å². The van der Waals surface area contributed by atoms with Gasteiger partial charge >= 0.3 is 5.97 Å². The second-order valence-corrected chi connectivity index (χ2v) is 3.73. The predicted octanol–water partition coefficient (Wildman–Crippen LogP) is 2.07. The Bertz CT molecular complexity index is 577. The van der Waals surface area contributed by atoms with Crippen molar-refractivity contribution < 1.29 is 14.8 Å². The van der Waals surface area contributed by atoms with Crippen LogP contribution in [0.5, 0.6) is 0 Å². The molecule has 6 heteroatoms. The van der Waals surface area contributed by atoms with Crippen LogP contribution in [0, 0.1) is 10.1 Å². The lowest BCUT2D eigenvalue weighted by Gasteiger charge is -2.13. The average Bonchev–Trinajstić information content (AvgIpc) is 2.79. The average molecular weight is 246 g/mol. The first-order chi connectivity index (χ1) is 8.59. The molecule has 0 aliphatic rings. The first kappa shape index (κ1) is 11.8. The second-order valence-electron chi connectivity index (χ2n) is 3.73. The van der Waals surface area contributed by atoms with Crippen molar-refractivity contribution >= 4 is 11.7 Å². The van der Waals surface area contributed by atoms with E-state index in [1.54, 1.807) is 30.3 Å². The van der Waals surface area contributed by atoms with E-state index in [1.807, 2.05) is 0 Å². The number of nitro groups is 1. The molecule has 0 saturated carbocycles. The minimum atomic E-state index is -1.06. The Balaban J connectivity index is 2.42. The molecule has 1 N–H and O–H groups in total. The summed E-state index contributed by atoms with van der Waals surface area (Å²) in [6.45, 7) is 0. The molecule has 6 nitrogen and oxygen atoms in total. The van der Waals surface area contributed by atoms with Crippen molar-refractivity contribution in [1.82, 2.24) is 4.57 Å². The molecule has 0 radical (unpaired) electrons. The maximum atomic E-state index is 11.3. The Kier molecular flexibility index (Phi) is 3.09. The van der Waals surface area contributed by atoms with Crippen LogP contribution in [0.25, 0.3) is 0 Å². The van der Waals surface area contributed by atoms with E-state index in [-0.39, 0.29) is 5.69 Å². The van der Waals surface area contributed by atoms with Gasteiger partial charge in [0, 0.05) is 12.3 Å². The van der Waals surface area contributed by atoms with Gasteiger partial charge in [-0.05, 0) is 5.56 Å². The van der Waals surface area contributed by atoms with Crippen molar-refractivity contribution in [2.75, 3.05) is 0 Å². The van der Waals surface area contributed by atoms with Gasteiger partial charge in [0.15, 0.2) is 6.04 Å². The van der Waals surface area contributed by atoms with E-state index in [0.717, 1.165) is 0 Å². The van der Waals surface area contributed by atoms with Crippen molar-refractivity contribution in [3.63, 3.8) is 0 Å². The Morgan fingerprint density at radius 3 is 2.44 bits per heavy atom. The van der Waals surface area contributed by atoms with Crippen LogP contribution in [0.1, 0.15) is 11.6 Å². The van der Waals surface area contributed by atoms with E-state index in [9.17, 15) is 20.0 Å². The lowest BCUT2D eigenvalue weighted by atomic mass is 10.1. The van der Waals surface area contributed by atoms with Crippen LogP contribution < -0.4 is 0 Å². The number of hydrogen-bond acceptors (Lipinski definition) is 3. The molecule has 0 aliphatic heterocycles. The summed E-state index contributed by atoms with van der Waals surface area (Å²) in [7, 11) is 0. The van der Waals surface area contributed by atoms with Gasteiger partial charge in [0.05, 0.1) is 11.1 Å². The first-order valence-corrected chi connectivity index (χ1v) is 5.19. The zero-order valence-electron chi connectivity index (χ0n) is 9.26. The summed E-state index contributed by atoms with van der Waals surface area (Å²) < 4.78 is 1.32. The molecule has 1 aromatic carbocycles. The molecular weight excluding hydrogens is 236 g/mol. The maximum absolute atomic E-state index is 11.3. The summed E-state index contributed by atoms with van der Waals surface area (Å²) in [5.74, 6) is -1.06. The Morgan fingerprint density at radius 2 is 1.94 bits per heavy atom. The molecule has 1 unspecified atom stereocenters. The number of nitrogens with zero attached hydrogens (tertiary/aromatic N) is 2. The molecule has 1 aromatic heterocycles. The van der Waals surface area contributed by atoms with Crippen LogP contribution in [0.4, 0.5) is 5.69 Å². The number of aliphatic carboxylic acids is 1. The van der Waals surface area contributed by atoms with Gasteiger partial charge in [0.1, 0.15) is 0 Å². The van der Waals surface area contributed by atoms with Crippen LogP contribution in [0.3, 0.4) is 0 Å². The molecule has 1 heterocycles. The topological polar surface area (TPSA) is 85.4 Å². The summed E-state index contributed by atoms with van der Waals surface area (Å²) in [6.07, 6.45) is 2.61. The number of benzene rings is 1. The van der Waals surface area contributed by atoms with Crippen LogP contribution in [0.2, 0.25) is 0 Å². The molecular formula is C12H10N2O4. The normalized spacial score (nSPS) is 12.0. The molecule has 0 spiro atoms. The van der Waals surface area contributed by atoms with E-state index in [0.29, 0.717) is 5.56 Å². The molecule has 0 saturated heterocycles. The molecule has 0 amide bonds. The highest BCUT2D eigenvalue weighted by Gasteiger charge is 2.23. The van der Waals surface area contributed by atoms with Gasteiger partial charge in [0.2, 0.25) is 0 Å². The van der Waals surface area contributed by atoms with Crippen LogP contribution in [-0.2, 0) is 4.79 Å². The van der Waals surface area contributed by atoms with E-state index in [4.69, 9.17) is 0 Å². The number of hydrogen-bond donors (Lipinski definition) is 1. The molecule has 18 heavy (non-hydrogen) atoms. The van der Waals surface area contributed by atoms with Crippen molar-refractivity contribution in [2.45, 2.75) is 6.04 Å². The Hall–Kier alpha value is -2.63. The lowest BCUT2D eigenvalue weighted by Crippen LogP contribution is -2.18. The lowest BCUT2D eigenvalue weighted by molar-refractivity contribution is -0.384. The van der Waals surface area contributed by atoms with Crippen LogP contribution in [0.15, 0.2) is 48.8 Å². The maximum Gasteiger partial charge on any atom is 0.331 e. The summed E-state index contributed by atoms with van der Waals surface area (Å²) >= 11 is 0. The SMILES string of the molecule is O=C(O)C(c1ccccc1)n1ccc([N+](=O)[O-])c1. The van der Waals surface area contributed by atoms with Crippen molar-refractivity contribution in [3.05, 3.63) is 64.5 Å². The number of rotatable bonds is 4. The third kappa shape index (κ3) is 2.22. The standard InChI is InChI=1S/C12H10N2O4/c15-12(16)11(9-4-2-1-3-5-9)13-7-6-10(8-13)14(17)18/h1-8,11H,(H,15,16). The molecule has 0 aliphatic carbocycles. The van der Waals surface area contributed by atoms with E-state index >= 15 is 0 Å². The summed E-state index contributed by atoms with van der Waals surface area (Å²) in [5.41, 5.74) is 0.438. The van der Waals surface area contributed by atoms with E-state index in [1.165, 1.54) is 23.0 Å². The fourth-order valence-corrected chi connectivity index (χ4v) is 1.75. The van der Waals surface area contributed by atoms with Gasteiger partial charge < -0.3 is 9.67 Å². The van der Waals surface area contributed by atoms with Gasteiger partial charge in [-0.1, -0.05) is 30.3 Å². The first-order valence-electron chi connectivity index (χ1n) is 5.19. The third-order valence-corrected chi connectivity index (χ3v) is 2.56. The monoisotopic (exact) mass is 246 g/mol. The van der Waals surface area contributed by atoms with Crippen LogP contribution in [-0.4, -0.2) is 20.6 Å². The zero-order valence-corrected chi connectivity index (χ0v) is 9.26. The third-order valence-electron chi connectivity index (χ3n) is 2.56. The van der Waals surface area contributed by atoms with E-state index < -0.39 is 16.9 Å². The second kappa shape index (κ2) is 4.70. The van der Waals surface area contributed by atoms with Gasteiger partial charge in [-0.25, -0.2) is 4.79 Å². The van der Waals surface area contributed by atoms with Gasteiger partial charge in [-0.15, -0.1) is 0 Å². The number of carboxylic acid groups (broad SMARTS) is 1. The minimum absolute atomic E-state index is 0.128. The van der Waals surface area contributed by atoms with Crippen LogP contribution >= 0.6 is 0 Å². The number of aromatic nitrogens is 1. The highest BCUT2D eigenvalue weighted by Crippen LogP contribution is 2.22. The minimum Gasteiger partial charge on any atom is -0.479 e. The van der Waals surface area contributed by atoms with Gasteiger partial charge in [0.25, 0.3) is 5.69 Å². The molecule has 0 bridgehead atoms. The molecule has 2 aromatic rings. The smallest absolute Gasteiger partial charge is 0.331 e. The number of carboxylic acids is 1. The predicted molar refractivity (Wildman–Crippen MR) is 63.3 cm³/mol. The summed E-state index contributed by atoms with van der Waals surface area (Å²) in [5, 5.41) is 19.8. The zero-order chi connectivity index (χ0) is 13.1. The Morgan fingerprint density at radius 1 is 1.28 bits per heavy atom. The highest BCUT2D eigenvalue weighted by atomic mass is 16.6. The number of carbonyl (C=O) groups is 1. The fourth-order valence-electron chi connectivity index (χ4n) is 1.75. The Labute approximate surface area is 102 Å². The molecule has 0 fully saturated rings.